The molecule has 0 unspecified atom stereocenters. The molecule has 104 valence electrons. The summed E-state index contributed by atoms with van der Waals surface area (Å²) in [5.41, 5.74) is 6.13. The number of carboxylic acids is 2. The van der Waals surface area contributed by atoms with Crippen molar-refractivity contribution in [1.82, 2.24) is 0 Å². The number of aromatic amines is 1. The van der Waals surface area contributed by atoms with Gasteiger partial charge in [0.2, 0.25) is 0 Å². The predicted octanol–water partition coefficient (Wildman–Crippen LogP) is -0.290. The number of carboxylic acid groups (broad SMARTS) is 2. The molecule has 2 rings (SSSR count). The van der Waals surface area contributed by atoms with Crippen LogP contribution in [0, 0.1) is 11.8 Å². The van der Waals surface area contributed by atoms with Crippen LogP contribution >= 0.6 is 0 Å². The SMILES string of the molecule is Nc1cc[nH+]cc1.O=C([O-])[C@H]1CCCC[C@H]1C(=O)O. The Bertz CT molecular complexity index is 400. The lowest BCUT2D eigenvalue weighted by Gasteiger charge is -2.28. The highest BCUT2D eigenvalue weighted by atomic mass is 16.4. The number of H-pyrrole nitrogens is 1. The molecule has 1 aromatic rings. The lowest BCUT2D eigenvalue weighted by atomic mass is 9.79. The first-order valence-electron chi connectivity index (χ1n) is 6.17. The zero-order valence-electron chi connectivity index (χ0n) is 10.5. The molecule has 19 heavy (non-hydrogen) atoms. The Hall–Kier alpha value is -2.11. The smallest absolute Gasteiger partial charge is 0.307 e. The van der Waals surface area contributed by atoms with Crippen LogP contribution in [-0.4, -0.2) is 17.0 Å². The summed E-state index contributed by atoms with van der Waals surface area (Å²) >= 11 is 0. The summed E-state index contributed by atoms with van der Waals surface area (Å²) in [5, 5.41) is 19.2. The molecule has 2 atom stereocenters. The Kier molecular flexibility index (Phi) is 5.78. The quantitative estimate of drug-likeness (QED) is 0.762. The molecule has 0 bridgehead atoms. The van der Waals surface area contributed by atoms with Gasteiger partial charge in [0.15, 0.2) is 12.4 Å². The number of carbonyl (C=O) groups is 2. The van der Waals surface area contributed by atoms with Gasteiger partial charge in [-0.15, -0.1) is 0 Å². The molecular weight excluding hydrogens is 248 g/mol. The number of aromatic nitrogens is 1. The van der Waals surface area contributed by atoms with Crippen molar-refractivity contribution in [1.29, 1.82) is 0 Å². The number of nitrogens with one attached hydrogen (secondary N) is 1. The van der Waals surface area contributed by atoms with Gasteiger partial charge in [-0.1, -0.05) is 12.8 Å². The van der Waals surface area contributed by atoms with Crippen LogP contribution in [0.1, 0.15) is 25.7 Å². The van der Waals surface area contributed by atoms with Crippen LogP contribution in [0.2, 0.25) is 0 Å². The highest BCUT2D eigenvalue weighted by Gasteiger charge is 2.31. The van der Waals surface area contributed by atoms with Crippen molar-refractivity contribution in [3.63, 3.8) is 0 Å². The second kappa shape index (κ2) is 7.35. The van der Waals surface area contributed by atoms with E-state index in [9.17, 15) is 14.7 Å². The molecule has 6 heteroatoms. The number of nitrogens with two attached hydrogens (primary N) is 1. The van der Waals surface area contributed by atoms with Crippen molar-refractivity contribution >= 4 is 17.6 Å². The second-order valence-electron chi connectivity index (χ2n) is 4.49. The molecular formula is C13H18N2O4. The standard InChI is InChI=1S/C8H12O4.C5H6N2/c9-7(10)5-3-1-2-4-6(5)8(11)12;6-5-1-3-7-4-2-5/h5-6H,1-4H2,(H,9,10)(H,11,12);1-4H,(H2,6,7)/t5-,6+;. The van der Waals surface area contributed by atoms with E-state index in [-0.39, 0.29) is 0 Å². The zero-order chi connectivity index (χ0) is 14.3. The fraction of sp³-hybridized carbons (Fsp3) is 0.462. The molecule has 1 heterocycles. The lowest BCUT2D eigenvalue weighted by Crippen LogP contribution is -2.40. The highest BCUT2D eigenvalue weighted by molar-refractivity contribution is 5.79. The van der Waals surface area contributed by atoms with E-state index >= 15 is 0 Å². The molecule has 1 aromatic heterocycles. The molecule has 0 saturated heterocycles. The van der Waals surface area contributed by atoms with Gasteiger partial charge in [-0.3, -0.25) is 4.79 Å². The summed E-state index contributed by atoms with van der Waals surface area (Å²) in [7, 11) is 0. The van der Waals surface area contributed by atoms with Gasteiger partial charge in [-0.25, -0.2) is 4.98 Å². The van der Waals surface area contributed by atoms with E-state index in [0.717, 1.165) is 18.5 Å². The Morgan fingerprint density at radius 2 is 1.74 bits per heavy atom. The molecule has 1 aliphatic rings. The number of hydrogen-bond donors (Lipinski definition) is 2. The molecule has 0 radical (unpaired) electrons. The Morgan fingerprint density at radius 1 is 1.21 bits per heavy atom. The van der Waals surface area contributed by atoms with Crippen LogP contribution in [0.4, 0.5) is 5.69 Å². The van der Waals surface area contributed by atoms with Crippen LogP contribution in [0.15, 0.2) is 24.5 Å². The number of anilines is 1. The monoisotopic (exact) mass is 266 g/mol. The Labute approximate surface area is 111 Å². The van der Waals surface area contributed by atoms with Crippen molar-refractivity contribution in [3.8, 4) is 0 Å². The number of nitrogen functional groups attached to an aromatic ring is 1. The van der Waals surface area contributed by atoms with Crippen molar-refractivity contribution in [2.75, 3.05) is 5.73 Å². The maximum Gasteiger partial charge on any atom is 0.307 e. The van der Waals surface area contributed by atoms with Crippen LogP contribution in [-0.2, 0) is 9.59 Å². The average molecular weight is 266 g/mol. The van der Waals surface area contributed by atoms with E-state index in [4.69, 9.17) is 10.8 Å². The first-order chi connectivity index (χ1) is 9.02. The van der Waals surface area contributed by atoms with Crippen LogP contribution in [0.5, 0.6) is 0 Å². The van der Waals surface area contributed by atoms with Crippen molar-refractivity contribution in [2.24, 2.45) is 11.8 Å². The van der Waals surface area contributed by atoms with E-state index in [1.807, 2.05) is 0 Å². The van der Waals surface area contributed by atoms with Gasteiger partial charge in [0.1, 0.15) is 0 Å². The van der Waals surface area contributed by atoms with E-state index in [1.54, 1.807) is 24.5 Å². The van der Waals surface area contributed by atoms with E-state index < -0.39 is 23.8 Å². The molecule has 0 spiro atoms. The number of carbonyl (C=O) groups excluding carboxylic acids is 1. The van der Waals surface area contributed by atoms with Gasteiger partial charge in [0.05, 0.1) is 5.92 Å². The minimum Gasteiger partial charge on any atom is -0.550 e. The molecule has 1 fully saturated rings. The molecule has 0 aromatic carbocycles. The van der Waals surface area contributed by atoms with Gasteiger partial charge >= 0.3 is 5.97 Å². The fourth-order valence-corrected chi connectivity index (χ4v) is 2.11. The summed E-state index contributed by atoms with van der Waals surface area (Å²) in [5.74, 6) is -3.74. The van der Waals surface area contributed by atoms with Gasteiger partial charge in [0, 0.05) is 29.7 Å². The number of pyridine rings is 1. The summed E-state index contributed by atoms with van der Waals surface area (Å²) in [6, 6.07) is 3.61. The summed E-state index contributed by atoms with van der Waals surface area (Å²) in [6.45, 7) is 0. The summed E-state index contributed by atoms with van der Waals surface area (Å²) < 4.78 is 0. The van der Waals surface area contributed by atoms with Gasteiger partial charge in [-0.2, -0.15) is 0 Å². The molecule has 0 aliphatic heterocycles. The maximum atomic E-state index is 10.6. The minimum absolute atomic E-state index is 0.444. The predicted molar refractivity (Wildman–Crippen MR) is 65.5 cm³/mol. The molecule has 1 saturated carbocycles. The van der Waals surface area contributed by atoms with Crippen LogP contribution < -0.4 is 15.8 Å². The zero-order valence-corrected chi connectivity index (χ0v) is 10.5. The number of rotatable bonds is 2. The van der Waals surface area contributed by atoms with Crippen LogP contribution in [0.25, 0.3) is 0 Å². The van der Waals surface area contributed by atoms with E-state index in [2.05, 4.69) is 4.98 Å². The normalized spacial score (nSPS) is 21.9. The van der Waals surface area contributed by atoms with Gasteiger partial charge in [0.25, 0.3) is 0 Å². The number of aliphatic carboxylic acids is 2. The third-order valence-electron chi connectivity index (χ3n) is 3.13. The van der Waals surface area contributed by atoms with Crippen LogP contribution in [0.3, 0.4) is 0 Å². The number of hydrogen-bond acceptors (Lipinski definition) is 4. The van der Waals surface area contributed by atoms with Crippen molar-refractivity contribution < 1.29 is 24.8 Å². The second-order valence-corrected chi connectivity index (χ2v) is 4.49. The Morgan fingerprint density at radius 3 is 2.05 bits per heavy atom. The summed E-state index contributed by atoms with van der Waals surface area (Å²) in [6.07, 6.45) is 6.08. The lowest BCUT2D eigenvalue weighted by molar-refractivity contribution is -0.377. The van der Waals surface area contributed by atoms with Crippen molar-refractivity contribution in [3.05, 3.63) is 24.5 Å². The largest absolute Gasteiger partial charge is 0.550 e. The van der Waals surface area contributed by atoms with E-state index in [0.29, 0.717) is 12.8 Å². The maximum absolute atomic E-state index is 10.6. The third kappa shape index (κ3) is 4.95. The summed E-state index contributed by atoms with van der Waals surface area (Å²) in [4.78, 5) is 23.9. The first kappa shape index (κ1) is 14.9. The Balaban J connectivity index is 0.000000218. The third-order valence-corrected chi connectivity index (χ3v) is 3.13. The molecule has 6 nitrogen and oxygen atoms in total. The first-order valence-corrected chi connectivity index (χ1v) is 6.17. The van der Waals surface area contributed by atoms with Crippen molar-refractivity contribution in [2.45, 2.75) is 25.7 Å². The topological polar surface area (TPSA) is 118 Å². The van der Waals surface area contributed by atoms with Gasteiger partial charge in [-0.05, 0) is 12.8 Å². The highest BCUT2D eigenvalue weighted by Crippen LogP contribution is 2.29. The molecule has 4 N–H and O–H groups in total. The minimum atomic E-state index is -1.22. The fourth-order valence-electron chi connectivity index (χ4n) is 2.11. The van der Waals surface area contributed by atoms with Gasteiger partial charge < -0.3 is 20.7 Å². The molecule has 0 amide bonds. The average Bonchev–Trinajstić information content (AvgIpc) is 2.40. The molecule has 1 aliphatic carbocycles. The van der Waals surface area contributed by atoms with E-state index in [1.165, 1.54) is 0 Å².